The molecule has 0 atom stereocenters. The van der Waals surface area contributed by atoms with Crippen LogP contribution < -0.4 is 4.80 Å². The highest BCUT2D eigenvalue weighted by Crippen LogP contribution is 2.22. The molecule has 3 rings (SSSR count). The van der Waals surface area contributed by atoms with E-state index in [1.54, 1.807) is 11.3 Å². The summed E-state index contributed by atoms with van der Waals surface area (Å²) in [6, 6.07) is 17.8. The van der Waals surface area contributed by atoms with Gasteiger partial charge in [0.05, 0.1) is 11.4 Å². The van der Waals surface area contributed by atoms with Crippen molar-refractivity contribution in [3.05, 3.63) is 82.5 Å². The van der Waals surface area contributed by atoms with E-state index < -0.39 is 0 Å². The number of nitrogens with zero attached hydrogens (tertiary/aromatic N) is 2. The van der Waals surface area contributed by atoms with Crippen LogP contribution in [0.4, 0.5) is 5.69 Å². The quantitative estimate of drug-likeness (QED) is 0.580. The molecule has 0 saturated heterocycles. The van der Waals surface area contributed by atoms with Crippen LogP contribution in [0.2, 0.25) is 5.02 Å². The van der Waals surface area contributed by atoms with E-state index in [0.29, 0.717) is 6.54 Å². The number of benzene rings is 2. The van der Waals surface area contributed by atoms with Gasteiger partial charge in [-0.05, 0) is 29.8 Å². The van der Waals surface area contributed by atoms with E-state index in [2.05, 4.69) is 16.5 Å². The standard InChI is InChI=1S/C18H15ClN2S/c1-2-12-21-17(14-8-10-15(19)11-9-14)13-22-18(21)20-16-6-4-3-5-7-16/h2-11,13H,1,12H2. The number of aromatic nitrogens is 1. The topological polar surface area (TPSA) is 17.3 Å². The molecular weight excluding hydrogens is 312 g/mol. The van der Waals surface area contributed by atoms with Crippen molar-refractivity contribution in [1.82, 2.24) is 4.57 Å². The maximum Gasteiger partial charge on any atom is 0.190 e. The summed E-state index contributed by atoms with van der Waals surface area (Å²) in [4.78, 5) is 5.69. The van der Waals surface area contributed by atoms with Gasteiger partial charge in [0.1, 0.15) is 0 Å². The molecular formula is C18H15ClN2S. The number of rotatable bonds is 4. The molecule has 0 bridgehead atoms. The van der Waals surface area contributed by atoms with Crippen LogP contribution in [0.5, 0.6) is 0 Å². The summed E-state index contributed by atoms with van der Waals surface area (Å²) in [5.41, 5.74) is 3.19. The van der Waals surface area contributed by atoms with E-state index in [1.807, 2.05) is 60.7 Å². The van der Waals surface area contributed by atoms with Crippen molar-refractivity contribution in [2.75, 3.05) is 0 Å². The Morgan fingerprint density at radius 2 is 1.82 bits per heavy atom. The summed E-state index contributed by atoms with van der Waals surface area (Å²) in [5.74, 6) is 0. The second kappa shape index (κ2) is 6.77. The molecule has 0 unspecified atom stereocenters. The summed E-state index contributed by atoms with van der Waals surface area (Å²) in [6.45, 7) is 4.57. The minimum absolute atomic E-state index is 0.715. The Kier molecular flexibility index (Phi) is 4.56. The Balaban J connectivity index is 2.11. The number of halogens is 1. The van der Waals surface area contributed by atoms with Gasteiger partial charge in [0.25, 0.3) is 0 Å². The van der Waals surface area contributed by atoms with Gasteiger partial charge in [0.2, 0.25) is 0 Å². The average Bonchev–Trinajstić information content (AvgIpc) is 2.92. The lowest BCUT2D eigenvalue weighted by atomic mass is 10.2. The zero-order chi connectivity index (χ0) is 15.4. The van der Waals surface area contributed by atoms with Crippen molar-refractivity contribution in [2.24, 2.45) is 4.99 Å². The Morgan fingerprint density at radius 3 is 2.50 bits per heavy atom. The van der Waals surface area contributed by atoms with Gasteiger partial charge in [-0.1, -0.05) is 48.0 Å². The Hall–Kier alpha value is -2.10. The van der Waals surface area contributed by atoms with Crippen LogP contribution in [0, 0.1) is 0 Å². The van der Waals surface area contributed by atoms with Crippen molar-refractivity contribution < 1.29 is 0 Å². The van der Waals surface area contributed by atoms with Gasteiger partial charge < -0.3 is 4.57 Å². The number of hydrogen-bond acceptors (Lipinski definition) is 2. The first-order chi connectivity index (χ1) is 10.8. The summed E-state index contributed by atoms with van der Waals surface area (Å²) >= 11 is 7.60. The van der Waals surface area contributed by atoms with Gasteiger partial charge in [0, 0.05) is 16.9 Å². The smallest absolute Gasteiger partial charge is 0.190 e. The van der Waals surface area contributed by atoms with Gasteiger partial charge in [-0.2, -0.15) is 0 Å². The summed E-state index contributed by atoms with van der Waals surface area (Å²) in [7, 11) is 0. The SMILES string of the molecule is C=CCn1c(-c2ccc(Cl)cc2)csc1=Nc1ccccc1. The minimum atomic E-state index is 0.715. The second-order valence-corrected chi connectivity index (χ2v) is 6.03. The number of para-hydroxylation sites is 1. The molecule has 2 nitrogen and oxygen atoms in total. The van der Waals surface area contributed by atoms with Gasteiger partial charge in [-0.25, -0.2) is 4.99 Å². The lowest BCUT2D eigenvalue weighted by Gasteiger charge is -2.06. The third-order valence-corrected chi connectivity index (χ3v) is 4.35. The summed E-state index contributed by atoms with van der Waals surface area (Å²) in [6.07, 6.45) is 1.89. The third kappa shape index (κ3) is 3.21. The molecule has 0 aliphatic heterocycles. The van der Waals surface area contributed by atoms with Crippen molar-refractivity contribution in [3.63, 3.8) is 0 Å². The summed E-state index contributed by atoms with van der Waals surface area (Å²) < 4.78 is 2.16. The second-order valence-electron chi connectivity index (χ2n) is 4.76. The van der Waals surface area contributed by atoms with E-state index in [1.165, 1.54) is 0 Å². The molecule has 0 aliphatic rings. The highest BCUT2D eigenvalue weighted by molar-refractivity contribution is 7.07. The Morgan fingerprint density at radius 1 is 1.09 bits per heavy atom. The van der Waals surface area contributed by atoms with Crippen molar-refractivity contribution in [2.45, 2.75) is 6.54 Å². The fraction of sp³-hybridized carbons (Fsp3) is 0.0556. The third-order valence-electron chi connectivity index (χ3n) is 3.23. The normalized spacial score (nSPS) is 11.6. The maximum absolute atomic E-state index is 5.97. The monoisotopic (exact) mass is 326 g/mol. The van der Waals surface area contributed by atoms with E-state index in [-0.39, 0.29) is 0 Å². The highest BCUT2D eigenvalue weighted by atomic mass is 35.5. The molecule has 0 aliphatic carbocycles. The van der Waals surface area contributed by atoms with Gasteiger partial charge in [-0.3, -0.25) is 0 Å². The van der Waals surface area contributed by atoms with Crippen LogP contribution in [0.3, 0.4) is 0 Å². The molecule has 0 spiro atoms. The van der Waals surface area contributed by atoms with Crippen LogP contribution in [-0.2, 0) is 6.54 Å². The predicted molar refractivity (Wildman–Crippen MR) is 94.6 cm³/mol. The molecule has 1 aromatic heterocycles. The van der Waals surface area contributed by atoms with Crippen molar-refractivity contribution in [3.8, 4) is 11.3 Å². The van der Waals surface area contributed by atoms with Crippen LogP contribution in [0.15, 0.2) is 77.6 Å². The maximum atomic E-state index is 5.97. The van der Waals surface area contributed by atoms with Gasteiger partial charge >= 0.3 is 0 Å². The van der Waals surface area contributed by atoms with E-state index >= 15 is 0 Å². The molecule has 22 heavy (non-hydrogen) atoms. The molecule has 110 valence electrons. The first-order valence-corrected chi connectivity index (χ1v) is 8.18. The first-order valence-electron chi connectivity index (χ1n) is 6.93. The fourth-order valence-electron chi connectivity index (χ4n) is 2.19. The van der Waals surface area contributed by atoms with E-state index in [0.717, 1.165) is 26.8 Å². The van der Waals surface area contributed by atoms with Gasteiger partial charge in [-0.15, -0.1) is 17.9 Å². The van der Waals surface area contributed by atoms with Gasteiger partial charge in [0.15, 0.2) is 4.80 Å². The predicted octanol–water partition coefficient (Wildman–Crippen LogP) is 5.29. The zero-order valence-electron chi connectivity index (χ0n) is 11.9. The van der Waals surface area contributed by atoms with Crippen LogP contribution in [-0.4, -0.2) is 4.57 Å². The molecule has 0 fully saturated rings. The summed E-state index contributed by atoms with van der Waals surface area (Å²) in [5, 5.41) is 2.86. The lowest BCUT2D eigenvalue weighted by Crippen LogP contribution is -2.14. The van der Waals surface area contributed by atoms with E-state index in [9.17, 15) is 0 Å². The largest absolute Gasteiger partial charge is 0.313 e. The number of thiazole rings is 1. The molecule has 3 aromatic rings. The van der Waals surface area contributed by atoms with E-state index in [4.69, 9.17) is 16.6 Å². The minimum Gasteiger partial charge on any atom is -0.313 e. The molecule has 0 radical (unpaired) electrons. The Labute approximate surface area is 138 Å². The lowest BCUT2D eigenvalue weighted by molar-refractivity contribution is 0.800. The molecule has 0 amide bonds. The first kappa shape index (κ1) is 14.8. The Bertz CT molecular complexity index is 830. The number of allylic oxidation sites excluding steroid dienone is 1. The molecule has 0 saturated carbocycles. The highest BCUT2D eigenvalue weighted by Gasteiger charge is 2.07. The number of hydrogen-bond donors (Lipinski definition) is 0. The fourth-order valence-corrected chi connectivity index (χ4v) is 3.25. The molecule has 0 N–H and O–H groups in total. The molecule has 4 heteroatoms. The van der Waals surface area contributed by atoms with Crippen molar-refractivity contribution >= 4 is 28.6 Å². The molecule has 1 heterocycles. The van der Waals surface area contributed by atoms with Crippen LogP contribution >= 0.6 is 22.9 Å². The van der Waals surface area contributed by atoms with Crippen molar-refractivity contribution in [1.29, 1.82) is 0 Å². The van der Waals surface area contributed by atoms with Crippen LogP contribution in [0.25, 0.3) is 11.3 Å². The average molecular weight is 327 g/mol. The zero-order valence-corrected chi connectivity index (χ0v) is 13.5. The van der Waals surface area contributed by atoms with Crippen LogP contribution in [0.1, 0.15) is 0 Å². The molecule has 2 aromatic carbocycles.